The summed E-state index contributed by atoms with van der Waals surface area (Å²) in [6.07, 6.45) is 2.23. The van der Waals surface area contributed by atoms with Gasteiger partial charge in [-0.15, -0.1) is 0 Å². The summed E-state index contributed by atoms with van der Waals surface area (Å²) in [5.41, 5.74) is 7.38. The lowest BCUT2D eigenvalue weighted by Crippen LogP contribution is -2.36. The Morgan fingerprint density at radius 2 is 2.22 bits per heavy atom. The van der Waals surface area contributed by atoms with Crippen molar-refractivity contribution in [3.05, 3.63) is 23.8 Å². The molecule has 4 heteroatoms. The van der Waals surface area contributed by atoms with Gasteiger partial charge in [-0.3, -0.25) is 4.79 Å². The number of ether oxygens (including phenoxy) is 1. The molecule has 4 nitrogen and oxygen atoms in total. The Bertz CT molecular complexity index is 421. The third-order valence-corrected chi connectivity index (χ3v) is 3.23. The normalized spacial score (nSPS) is 14.3. The molecule has 98 valence electrons. The topological polar surface area (TPSA) is 55.6 Å². The van der Waals surface area contributed by atoms with Crippen LogP contribution in [-0.2, 0) is 4.79 Å². The van der Waals surface area contributed by atoms with Crippen molar-refractivity contribution >= 4 is 11.6 Å². The molecular weight excluding hydrogens is 228 g/mol. The minimum atomic E-state index is 0.0441. The second kappa shape index (κ2) is 5.29. The van der Waals surface area contributed by atoms with Crippen LogP contribution < -0.4 is 10.5 Å². The van der Waals surface area contributed by atoms with Gasteiger partial charge in [0.25, 0.3) is 5.91 Å². The second-order valence-electron chi connectivity index (χ2n) is 4.69. The largest absolute Gasteiger partial charge is 0.481 e. The molecule has 1 aromatic carbocycles. The van der Waals surface area contributed by atoms with E-state index in [9.17, 15) is 4.79 Å². The lowest BCUT2D eigenvalue weighted by atomic mass is 10.2. The number of aryl methyl sites for hydroxylation is 1. The number of para-hydroxylation sites is 1. The van der Waals surface area contributed by atoms with Crippen LogP contribution in [0.5, 0.6) is 5.75 Å². The van der Waals surface area contributed by atoms with E-state index in [1.165, 1.54) is 0 Å². The molecule has 0 radical (unpaired) electrons. The lowest BCUT2D eigenvalue weighted by Gasteiger charge is -2.21. The average Bonchev–Trinajstić information content (AvgIpc) is 3.14. The number of carbonyl (C=O) groups is 1. The molecule has 0 atom stereocenters. The molecule has 2 rings (SSSR count). The molecule has 1 aliphatic carbocycles. The minimum Gasteiger partial charge on any atom is -0.481 e. The molecule has 1 amide bonds. The summed E-state index contributed by atoms with van der Waals surface area (Å²) >= 11 is 0. The van der Waals surface area contributed by atoms with E-state index in [1.807, 2.05) is 30.9 Å². The fourth-order valence-corrected chi connectivity index (χ4v) is 2.11. The van der Waals surface area contributed by atoms with E-state index in [0.29, 0.717) is 17.5 Å². The van der Waals surface area contributed by atoms with Crippen molar-refractivity contribution in [3.63, 3.8) is 0 Å². The SMILES string of the molecule is CCN(C(=O)COc1c(C)cccc1N)C1CC1. The van der Waals surface area contributed by atoms with E-state index >= 15 is 0 Å². The second-order valence-corrected chi connectivity index (χ2v) is 4.69. The predicted octanol–water partition coefficient (Wildman–Crippen LogP) is 1.97. The number of amides is 1. The van der Waals surface area contributed by atoms with Gasteiger partial charge in [0, 0.05) is 12.6 Å². The van der Waals surface area contributed by atoms with Crippen LogP contribution in [0.15, 0.2) is 18.2 Å². The summed E-state index contributed by atoms with van der Waals surface area (Å²) in [4.78, 5) is 13.9. The first-order valence-electron chi connectivity index (χ1n) is 6.40. The summed E-state index contributed by atoms with van der Waals surface area (Å²) in [6.45, 7) is 4.74. The van der Waals surface area contributed by atoms with E-state index in [0.717, 1.165) is 24.9 Å². The summed E-state index contributed by atoms with van der Waals surface area (Å²) in [7, 11) is 0. The van der Waals surface area contributed by atoms with Crippen molar-refractivity contribution in [2.24, 2.45) is 0 Å². The van der Waals surface area contributed by atoms with E-state index in [-0.39, 0.29) is 12.5 Å². The first kappa shape index (κ1) is 12.7. The summed E-state index contributed by atoms with van der Waals surface area (Å²) in [6, 6.07) is 6.02. The van der Waals surface area contributed by atoms with Crippen LogP contribution in [0.25, 0.3) is 0 Å². The highest BCUT2D eigenvalue weighted by Gasteiger charge is 2.31. The van der Waals surface area contributed by atoms with Gasteiger partial charge >= 0.3 is 0 Å². The molecule has 1 aromatic rings. The molecule has 2 N–H and O–H groups in total. The Kier molecular flexibility index (Phi) is 3.75. The quantitative estimate of drug-likeness (QED) is 0.810. The number of rotatable bonds is 5. The van der Waals surface area contributed by atoms with Gasteiger partial charge in [-0.05, 0) is 38.3 Å². The summed E-state index contributed by atoms with van der Waals surface area (Å²) in [5, 5.41) is 0. The number of nitrogens with zero attached hydrogens (tertiary/aromatic N) is 1. The zero-order chi connectivity index (χ0) is 13.1. The van der Waals surface area contributed by atoms with Crippen molar-refractivity contribution in [2.45, 2.75) is 32.7 Å². The van der Waals surface area contributed by atoms with Crippen LogP contribution in [0, 0.1) is 6.92 Å². The van der Waals surface area contributed by atoms with Crippen molar-refractivity contribution in [3.8, 4) is 5.75 Å². The molecule has 1 fully saturated rings. The van der Waals surface area contributed by atoms with E-state index in [2.05, 4.69) is 0 Å². The zero-order valence-electron chi connectivity index (χ0n) is 11.0. The maximum absolute atomic E-state index is 12.0. The fraction of sp³-hybridized carbons (Fsp3) is 0.500. The van der Waals surface area contributed by atoms with Gasteiger partial charge in [0.2, 0.25) is 0 Å². The minimum absolute atomic E-state index is 0.0441. The highest BCUT2D eigenvalue weighted by molar-refractivity contribution is 5.78. The Hall–Kier alpha value is -1.71. The Balaban J connectivity index is 1.96. The molecule has 18 heavy (non-hydrogen) atoms. The third-order valence-electron chi connectivity index (χ3n) is 3.23. The summed E-state index contributed by atoms with van der Waals surface area (Å²) in [5.74, 6) is 0.667. The average molecular weight is 248 g/mol. The number of anilines is 1. The van der Waals surface area contributed by atoms with E-state index in [4.69, 9.17) is 10.5 Å². The van der Waals surface area contributed by atoms with Gasteiger partial charge in [-0.2, -0.15) is 0 Å². The van der Waals surface area contributed by atoms with Gasteiger partial charge < -0.3 is 15.4 Å². The monoisotopic (exact) mass is 248 g/mol. The fourth-order valence-electron chi connectivity index (χ4n) is 2.11. The smallest absolute Gasteiger partial charge is 0.260 e. The molecule has 0 heterocycles. The van der Waals surface area contributed by atoms with Crippen LogP contribution in [0.3, 0.4) is 0 Å². The molecule has 0 aliphatic heterocycles. The zero-order valence-corrected chi connectivity index (χ0v) is 11.0. The molecule has 0 bridgehead atoms. The van der Waals surface area contributed by atoms with Gasteiger partial charge in [0.15, 0.2) is 6.61 Å². The molecular formula is C14H20N2O2. The number of likely N-dealkylation sites (N-methyl/N-ethyl adjacent to an activating group) is 1. The molecule has 1 saturated carbocycles. The van der Waals surface area contributed by atoms with Crippen molar-refractivity contribution in [1.82, 2.24) is 4.90 Å². The Morgan fingerprint density at radius 3 is 2.78 bits per heavy atom. The van der Waals surface area contributed by atoms with Crippen LogP contribution >= 0.6 is 0 Å². The van der Waals surface area contributed by atoms with Gasteiger partial charge in [-0.25, -0.2) is 0 Å². The first-order chi connectivity index (χ1) is 8.63. The van der Waals surface area contributed by atoms with Crippen molar-refractivity contribution in [2.75, 3.05) is 18.9 Å². The van der Waals surface area contributed by atoms with Crippen molar-refractivity contribution < 1.29 is 9.53 Å². The first-order valence-corrected chi connectivity index (χ1v) is 6.40. The van der Waals surface area contributed by atoms with E-state index in [1.54, 1.807) is 6.07 Å². The standard InChI is InChI=1S/C14H20N2O2/c1-3-16(11-7-8-11)13(17)9-18-14-10(2)5-4-6-12(14)15/h4-6,11H,3,7-9,15H2,1-2H3. The number of benzene rings is 1. The number of nitrogens with two attached hydrogens (primary N) is 1. The van der Waals surface area contributed by atoms with Gasteiger partial charge in [0.05, 0.1) is 5.69 Å². The number of hydrogen-bond acceptors (Lipinski definition) is 3. The van der Waals surface area contributed by atoms with E-state index < -0.39 is 0 Å². The number of carbonyl (C=O) groups excluding carboxylic acids is 1. The van der Waals surface area contributed by atoms with Crippen LogP contribution in [-0.4, -0.2) is 30.0 Å². The highest BCUT2D eigenvalue weighted by Crippen LogP contribution is 2.28. The Morgan fingerprint density at radius 1 is 1.50 bits per heavy atom. The molecule has 0 saturated heterocycles. The molecule has 0 aromatic heterocycles. The number of hydrogen-bond donors (Lipinski definition) is 1. The Labute approximate surface area is 108 Å². The molecule has 1 aliphatic rings. The lowest BCUT2D eigenvalue weighted by molar-refractivity contribution is -0.133. The maximum atomic E-state index is 12.0. The highest BCUT2D eigenvalue weighted by atomic mass is 16.5. The van der Waals surface area contributed by atoms with Gasteiger partial charge in [0.1, 0.15) is 5.75 Å². The summed E-state index contributed by atoms with van der Waals surface area (Å²) < 4.78 is 5.57. The number of nitrogen functional groups attached to an aromatic ring is 1. The van der Waals surface area contributed by atoms with Gasteiger partial charge in [-0.1, -0.05) is 12.1 Å². The molecule has 0 spiro atoms. The predicted molar refractivity (Wildman–Crippen MR) is 71.5 cm³/mol. The van der Waals surface area contributed by atoms with Crippen LogP contribution in [0.1, 0.15) is 25.3 Å². The third kappa shape index (κ3) is 2.75. The van der Waals surface area contributed by atoms with Crippen LogP contribution in [0.2, 0.25) is 0 Å². The maximum Gasteiger partial charge on any atom is 0.260 e. The van der Waals surface area contributed by atoms with Crippen molar-refractivity contribution in [1.29, 1.82) is 0 Å². The molecule has 0 unspecified atom stereocenters. The van der Waals surface area contributed by atoms with Crippen LogP contribution in [0.4, 0.5) is 5.69 Å².